The third-order valence-electron chi connectivity index (χ3n) is 4.55. The number of likely N-dealkylation sites (tertiary alicyclic amines) is 1. The summed E-state index contributed by atoms with van der Waals surface area (Å²) >= 11 is 0. The lowest BCUT2D eigenvalue weighted by molar-refractivity contribution is 0.0725. The Bertz CT molecular complexity index is 774. The van der Waals surface area contributed by atoms with Crippen molar-refractivity contribution in [2.24, 2.45) is 0 Å². The van der Waals surface area contributed by atoms with Gasteiger partial charge in [0.2, 0.25) is 0 Å². The summed E-state index contributed by atoms with van der Waals surface area (Å²) in [5.74, 6) is 0.735. The number of nitrogens with zero attached hydrogens (tertiary/aromatic N) is 5. The molecule has 0 unspecified atom stereocenters. The molecule has 2 aromatic rings. The quantitative estimate of drug-likeness (QED) is 0.856. The Morgan fingerprint density at radius 3 is 2.84 bits per heavy atom. The molecular formula is C19H25N5O. The molecule has 0 N–H and O–H groups in total. The van der Waals surface area contributed by atoms with Gasteiger partial charge in [-0.25, -0.2) is 9.97 Å². The molecular weight excluding hydrogens is 314 g/mol. The van der Waals surface area contributed by atoms with Crippen molar-refractivity contribution in [3.8, 4) is 0 Å². The van der Waals surface area contributed by atoms with E-state index in [0.29, 0.717) is 5.69 Å². The molecule has 1 saturated heterocycles. The third-order valence-corrected chi connectivity index (χ3v) is 4.55. The molecule has 0 radical (unpaired) electrons. The highest BCUT2D eigenvalue weighted by Crippen LogP contribution is 2.34. The van der Waals surface area contributed by atoms with E-state index in [2.05, 4.69) is 14.9 Å². The maximum Gasteiger partial charge on any atom is 0.273 e. The van der Waals surface area contributed by atoms with E-state index in [4.69, 9.17) is 4.98 Å². The van der Waals surface area contributed by atoms with Gasteiger partial charge in [-0.3, -0.25) is 9.78 Å². The third kappa shape index (κ3) is 3.69. The molecule has 1 atom stereocenters. The van der Waals surface area contributed by atoms with Crippen molar-refractivity contribution in [1.82, 2.24) is 24.8 Å². The van der Waals surface area contributed by atoms with E-state index >= 15 is 0 Å². The summed E-state index contributed by atoms with van der Waals surface area (Å²) in [6.45, 7) is 5.32. The van der Waals surface area contributed by atoms with Crippen LogP contribution in [0.4, 0.5) is 0 Å². The van der Waals surface area contributed by atoms with Crippen LogP contribution >= 0.6 is 0 Å². The van der Waals surface area contributed by atoms with Crippen LogP contribution in [0, 0.1) is 13.8 Å². The molecule has 6 nitrogen and oxygen atoms in total. The van der Waals surface area contributed by atoms with E-state index in [-0.39, 0.29) is 11.9 Å². The summed E-state index contributed by atoms with van der Waals surface area (Å²) in [6.07, 6.45) is 5.48. The number of hydrogen-bond donors (Lipinski definition) is 0. The minimum absolute atomic E-state index is 0.00679. The first-order valence-electron chi connectivity index (χ1n) is 8.67. The van der Waals surface area contributed by atoms with Crippen molar-refractivity contribution < 1.29 is 4.79 Å². The molecule has 1 fully saturated rings. The lowest BCUT2D eigenvalue weighted by Gasteiger charge is -2.27. The summed E-state index contributed by atoms with van der Waals surface area (Å²) in [5.41, 5.74) is 3.50. The maximum absolute atomic E-state index is 13.1. The molecule has 1 aliphatic heterocycles. The van der Waals surface area contributed by atoms with Gasteiger partial charge in [0.25, 0.3) is 5.91 Å². The number of hydrogen-bond acceptors (Lipinski definition) is 5. The molecule has 132 valence electrons. The fourth-order valence-corrected chi connectivity index (χ4v) is 3.40. The number of aromatic nitrogens is 3. The number of amides is 1. The molecule has 0 bridgehead atoms. The second-order valence-electron chi connectivity index (χ2n) is 6.89. The van der Waals surface area contributed by atoms with E-state index < -0.39 is 0 Å². The van der Waals surface area contributed by atoms with E-state index in [0.717, 1.165) is 48.6 Å². The first-order chi connectivity index (χ1) is 12.0. The number of carbonyl (C=O) groups excluding carboxylic acids is 1. The largest absolute Gasteiger partial charge is 0.329 e. The van der Waals surface area contributed by atoms with Gasteiger partial charge >= 0.3 is 0 Å². The fraction of sp³-hybridized carbons (Fsp3) is 0.474. The van der Waals surface area contributed by atoms with Gasteiger partial charge in [-0.05, 0) is 52.4 Å². The molecule has 3 heterocycles. The van der Waals surface area contributed by atoms with Crippen molar-refractivity contribution in [2.75, 3.05) is 20.6 Å². The highest BCUT2D eigenvalue weighted by molar-refractivity contribution is 5.94. The average Bonchev–Trinajstić information content (AvgIpc) is 3.05. The normalized spacial score (nSPS) is 17.3. The lowest BCUT2D eigenvalue weighted by Crippen LogP contribution is -2.33. The van der Waals surface area contributed by atoms with E-state index in [1.54, 1.807) is 6.20 Å². The summed E-state index contributed by atoms with van der Waals surface area (Å²) in [7, 11) is 4.05. The van der Waals surface area contributed by atoms with Gasteiger partial charge in [0.1, 0.15) is 11.5 Å². The molecule has 25 heavy (non-hydrogen) atoms. The Hall–Kier alpha value is -2.34. The van der Waals surface area contributed by atoms with Gasteiger partial charge in [-0.1, -0.05) is 6.07 Å². The van der Waals surface area contributed by atoms with Gasteiger partial charge in [0.15, 0.2) is 0 Å². The number of pyridine rings is 1. The maximum atomic E-state index is 13.1. The molecule has 0 aromatic carbocycles. The van der Waals surface area contributed by atoms with Gasteiger partial charge in [-0.15, -0.1) is 0 Å². The molecule has 0 spiro atoms. The van der Waals surface area contributed by atoms with Crippen LogP contribution in [0.15, 0.2) is 24.5 Å². The molecule has 6 heteroatoms. The van der Waals surface area contributed by atoms with Crippen LogP contribution in [0.1, 0.15) is 52.0 Å². The van der Waals surface area contributed by atoms with Crippen molar-refractivity contribution >= 4 is 5.91 Å². The van der Waals surface area contributed by atoms with Crippen LogP contribution in [0.2, 0.25) is 0 Å². The average molecular weight is 339 g/mol. The first kappa shape index (κ1) is 17.5. The van der Waals surface area contributed by atoms with Crippen LogP contribution in [0.5, 0.6) is 0 Å². The number of aryl methyl sites for hydroxylation is 2. The summed E-state index contributed by atoms with van der Waals surface area (Å²) in [6, 6.07) is 3.78. The van der Waals surface area contributed by atoms with E-state index in [1.165, 1.54) is 0 Å². The molecule has 2 aromatic heterocycles. The Labute approximate surface area is 148 Å². The zero-order chi connectivity index (χ0) is 18.0. The SMILES string of the molecule is Cc1ncc(CN(C)C)c([C@@H]2CCCN2C(=O)c2ncccc2C)n1. The Morgan fingerprint density at radius 2 is 2.12 bits per heavy atom. The molecule has 0 saturated carbocycles. The van der Waals surface area contributed by atoms with Crippen molar-refractivity contribution in [3.63, 3.8) is 0 Å². The minimum Gasteiger partial charge on any atom is -0.329 e. The zero-order valence-electron chi connectivity index (χ0n) is 15.4. The molecule has 3 rings (SSSR count). The van der Waals surface area contributed by atoms with Gasteiger partial charge in [-0.2, -0.15) is 0 Å². The van der Waals surface area contributed by atoms with Crippen LogP contribution < -0.4 is 0 Å². The van der Waals surface area contributed by atoms with E-state index in [9.17, 15) is 4.79 Å². The van der Waals surface area contributed by atoms with Crippen LogP contribution in [-0.2, 0) is 6.54 Å². The second-order valence-corrected chi connectivity index (χ2v) is 6.89. The van der Waals surface area contributed by atoms with Crippen LogP contribution in [-0.4, -0.2) is 51.3 Å². The van der Waals surface area contributed by atoms with Gasteiger partial charge in [0.05, 0.1) is 11.7 Å². The second kappa shape index (κ2) is 7.27. The summed E-state index contributed by atoms with van der Waals surface area (Å²) in [5, 5.41) is 0. The summed E-state index contributed by atoms with van der Waals surface area (Å²) < 4.78 is 0. The van der Waals surface area contributed by atoms with E-state index in [1.807, 2.05) is 51.2 Å². The van der Waals surface area contributed by atoms with Crippen molar-refractivity contribution in [2.45, 2.75) is 39.3 Å². The molecule has 1 amide bonds. The predicted molar refractivity (Wildman–Crippen MR) is 96.1 cm³/mol. The first-order valence-corrected chi connectivity index (χ1v) is 8.67. The Kier molecular flexibility index (Phi) is 5.08. The molecule has 0 aliphatic carbocycles. The van der Waals surface area contributed by atoms with Gasteiger partial charge in [0, 0.05) is 31.0 Å². The number of carbonyl (C=O) groups is 1. The number of rotatable bonds is 4. The highest BCUT2D eigenvalue weighted by atomic mass is 16.2. The Morgan fingerprint density at radius 1 is 1.32 bits per heavy atom. The fourth-order valence-electron chi connectivity index (χ4n) is 3.40. The molecule has 1 aliphatic rings. The van der Waals surface area contributed by atoms with Crippen LogP contribution in [0.25, 0.3) is 0 Å². The standard InChI is InChI=1S/C19H25N5O/c1-13-7-5-9-20-17(13)19(25)24-10-6-8-16(24)18-15(12-23(3)4)11-21-14(2)22-18/h5,7,9,11,16H,6,8,10,12H2,1-4H3/t16-/m0/s1. The minimum atomic E-state index is -0.00874. The van der Waals surface area contributed by atoms with Crippen LogP contribution in [0.3, 0.4) is 0 Å². The lowest BCUT2D eigenvalue weighted by atomic mass is 10.0. The topological polar surface area (TPSA) is 62.2 Å². The van der Waals surface area contributed by atoms with Gasteiger partial charge < -0.3 is 9.80 Å². The predicted octanol–water partition coefficient (Wildman–Crippen LogP) is 2.53. The summed E-state index contributed by atoms with van der Waals surface area (Å²) in [4.78, 5) is 30.5. The highest BCUT2D eigenvalue weighted by Gasteiger charge is 2.34. The van der Waals surface area contributed by atoms with Crippen molar-refractivity contribution in [3.05, 3.63) is 52.9 Å². The Balaban J connectivity index is 1.96. The monoisotopic (exact) mass is 339 g/mol. The zero-order valence-corrected chi connectivity index (χ0v) is 15.4. The smallest absolute Gasteiger partial charge is 0.273 e. The van der Waals surface area contributed by atoms with Crippen molar-refractivity contribution in [1.29, 1.82) is 0 Å².